The van der Waals surface area contributed by atoms with Crippen LogP contribution in [0.1, 0.15) is 30.5 Å². The second kappa shape index (κ2) is 7.73. The lowest BCUT2D eigenvalue weighted by Gasteiger charge is -2.21. The molecule has 0 fully saturated rings. The zero-order valence-corrected chi connectivity index (χ0v) is 15.4. The third kappa shape index (κ3) is 4.28. The molecule has 0 saturated heterocycles. The van der Waals surface area contributed by atoms with Crippen molar-refractivity contribution in [2.24, 2.45) is 0 Å². The number of hydrogen-bond acceptors (Lipinski definition) is 1. The molecule has 1 unspecified atom stereocenters. The number of rotatable bonds is 5. The molecule has 21 heavy (non-hydrogen) atoms. The van der Waals surface area contributed by atoms with Crippen LogP contribution in [0, 0.1) is 5.82 Å². The summed E-state index contributed by atoms with van der Waals surface area (Å²) in [7, 11) is 0. The predicted octanol–water partition coefficient (Wildman–Crippen LogP) is 6.09. The summed E-state index contributed by atoms with van der Waals surface area (Å²) in [6.07, 6.45) is 1.00. The van der Waals surface area contributed by atoms with Crippen LogP contribution in [0.25, 0.3) is 0 Å². The van der Waals surface area contributed by atoms with Gasteiger partial charge in [-0.05, 0) is 70.4 Å². The van der Waals surface area contributed by atoms with Gasteiger partial charge in [0.2, 0.25) is 0 Å². The van der Waals surface area contributed by atoms with Crippen LogP contribution >= 0.6 is 43.5 Å². The minimum absolute atomic E-state index is 0.0770. The van der Waals surface area contributed by atoms with Gasteiger partial charge in [-0.15, -0.1) is 0 Å². The van der Waals surface area contributed by atoms with Gasteiger partial charge >= 0.3 is 0 Å². The lowest BCUT2D eigenvalue weighted by Crippen LogP contribution is -2.23. The maximum absolute atomic E-state index is 13.5. The molecule has 1 atom stereocenters. The highest BCUT2D eigenvalue weighted by atomic mass is 79.9. The molecule has 0 amide bonds. The normalized spacial score (nSPS) is 12.4. The van der Waals surface area contributed by atoms with E-state index in [1.54, 1.807) is 12.1 Å². The van der Waals surface area contributed by atoms with Crippen LogP contribution in [0.15, 0.2) is 45.3 Å². The third-order valence-electron chi connectivity index (χ3n) is 3.14. The molecular formula is C16H15Br2ClFN. The Balaban J connectivity index is 2.46. The van der Waals surface area contributed by atoms with Crippen molar-refractivity contribution in [1.29, 1.82) is 0 Å². The molecule has 0 saturated carbocycles. The number of benzene rings is 2. The Bertz CT molecular complexity index is 634. The van der Waals surface area contributed by atoms with Crippen LogP contribution < -0.4 is 5.32 Å². The molecule has 0 aliphatic carbocycles. The van der Waals surface area contributed by atoms with E-state index >= 15 is 0 Å². The highest BCUT2D eigenvalue weighted by molar-refractivity contribution is 9.10. The fourth-order valence-corrected chi connectivity index (χ4v) is 3.13. The Hall–Kier alpha value is -0.420. The van der Waals surface area contributed by atoms with Crippen LogP contribution in [0.2, 0.25) is 5.02 Å². The van der Waals surface area contributed by atoms with Crippen molar-refractivity contribution < 1.29 is 4.39 Å². The molecular weight excluding hydrogens is 420 g/mol. The smallest absolute Gasteiger partial charge is 0.137 e. The summed E-state index contributed by atoms with van der Waals surface area (Å²) in [5, 5.41) is 4.16. The fourth-order valence-electron chi connectivity index (χ4n) is 2.12. The molecule has 2 rings (SSSR count). The van der Waals surface area contributed by atoms with E-state index in [-0.39, 0.29) is 11.9 Å². The van der Waals surface area contributed by atoms with Gasteiger partial charge < -0.3 is 5.32 Å². The van der Waals surface area contributed by atoms with Gasteiger partial charge in [0.1, 0.15) is 5.82 Å². The summed E-state index contributed by atoms with van der Waals surface area (Å²) in [5.41, 5.74) is 1.94. The Morgan fingerprint density at radius 1 is 1.19 bits per heavy atom. The zero-order valence-electron chi connectivity index (χ0n) is 11.5. The van der Waals surface area contributed by atoms with E-state index in [1.165, 1.54) is 6.07 Å². The van der Waals surface area contributed by atoms with Gasteiger partial charge in [-0.25, -0.2) is 4.39 Å². The first-order valence-corrected chi connectivity index (χ1v) is 8.62. The maximum atomic E-state index is 13.5. The van der Waals surface area contributed by atoms with Crippen LogP contribution in [0.5, 0.6) is 0 Å². The van der Waals surface area contributed by atoms with Crippen LogP contribution in [-0.4, -0.2) is 6.54 Å². The van der Waals surface area contributed by atoms with Crippen molar-refractivity contribution in [3.63, 3.8) is 0 Å². The van der Waals surface area contributed by atoms with E-state index < -0.39 is 0 Å². The van der Waals surface area contributed by atoms with E-state index in [2.05, 4.69) is 44.1 Å². The highest BCUT2D eigenvalue weighted by Crippen LogP contribution is 2.32. The Morgan fingerprint density at radius 2 is 1.95 bits per heavy atom. The van der Waals surface area contributed by atoms with Crippen molar-refractivity contribution in [1.82, 2.24) is 5.32 Å². The largest absolute Gasteiger partial charge is 0.306 e. The van der Waals surface area contributed by atoms with Gasteiger partial charge in [0.25, 0.3) is 0 Å². The van der Waals surface area contributed by atoms with Crippen molar-refractivity contribution in [2.45, 2.75) is 19.4 Å². The molecule has 2 aromatic carbocycles. The third-order valence-corrected chi connectivity index (χ3v) is 4.59. The monoisotopic (exact) mass is 433 g/mol. The summed E-state index contributed by atoms with van der Waals surface area (Å²) < 4.78 is 14.9. The summed E-state index contributed by atoms with van der Waals surface area (Å²) in [4.78, 5) is 0. The topological polar surface area (TPSA) is 12.0 Å². The summed E-state index contributed by atoms with van der Waals surface area (Å²) >= 11 is 13.1. The average Bonchev–Trinajstić information content (AvgIpc) is 2.46. The Labute approximate surface area is 146 Å². The lowest BCUT2D eigenvalue weighted by molar-refractivity contribution is 0.591. The maximum Gasteiger partial charge on any atom is 0.137 e. The molecule has 2 aromatic rings. The first-order chi connectivity index (χ1) is 10.0. The molecule has 0 heterocycles. The predicted molar refractivity (Wildman–Crippen MR) is 93.4 cm³/mol. The number of nitrogens with one attached hydrogen (secondary N) is 1. The van der Waals surface area contributed by atoms with Crippen molar-refractivity contribution in [2.75, 3.05) is 6.54 Å². The summed E-state index contributed by atoms with van der Waals surface area (Å²) in [6.45, 7) is 2.95. The molecule has 0 bridgehead atoms. The summed E-state index contributed by atoms with van der Waals surface area (Å²) in [6, 6.07) is 10.7. The van der Waals surface area contributed by atoms with Crippen LogP contribution in [-0.2, 0) is 0 Å². The second-order valence-electron chi connectivity index (χ2n) is 4.73. The molecule has 1 N–H and O–H groups in total. The highest BCUT2D eigenvalue weighted by Gasteiger charge is 2.18. The van der Waals surface area contributed by atoms with Crippen molar-refractivity contribution >= 4 is 43.5 Å². The van der Waals surface area contributed by atoms with Gasteiger partial charge in [0, 0.05) is 9.50 Å². The first-order valence-electron chi connectivity index (χ1n) is 6.66. The van der Waals surface area contributed by atoms with Gasteiger partial charge in [-0.2, -0.15) is 0 Å². The van der Waals surface area contributed by atoms with E-state index in [9.17, 15) is 4.39 Å². The van der Waals surface area contributed by atoms with Crippen LogP contribution in [0.3, 0.4) is 0 Å². The van der Waals surface area contributed by atoms with Gasteiger partial charge in [-0.3, -0.25) is 0 Å². The minimum Gasteiger partial charge on any atom is -0.306 e. The molecule has 0 aliphatic heterocycles. The minimum atomic E-state index is -0.270. The molecule has 112 valence electrons. The van der Waals surface area contributed by atoms with Gasteiger partial charge in [-0.1, -0.05) is 40.5 Å². The quantitative estimate of drug-likeness (QED) is 0.599. The molecule has 0 spiro atoms. The average molecular weight is 436 g/mol. The van der Waals surface area contributed by atoms with Gasteiger partial charge in [0.15, 0.2) is 0 Å². The van der Waals surface area contributed by atoms with Crippen LogP contribution in [0.4, 0.5) is 4.39 Å². The van der Waals surface area contributed by atoms with Crippen molar-refractivity contribution in [3.8, 4) is 0 Å². The molecule has 0 aromatic heterocycles. The molecule has 0 aliphatic rings. The number of hydrogen-bond donors (Lipinski definition) is 1. The molecule has 1 nitrogen and oxygen atoms in total. The molecule has 5 heteroatoms. The zero-order chi connectivity index (χ0) is 15.4. The standard InChI is InChI=1S/C16H15Br2ClFN/c1-2-7-21-16(10-3-6-15(20)13(18)8-10)12-9-11(17)4-5-14(12)19/h3-6,8-9,16,21H,2,7H2,1H3. The second-order valence-corrected chi connectivity index (χ2v) is 6.90. The van der Waals surface area contributed by atoms with E-state index in [0.29, 0.717) is 9.50 Å². The summed E-state index contributed by atoms with van der Waals surface area (Å²) in [5.74, 6) is -0.270. The Morgan fingerprint density at radius 3 is 2.62 bits per heavy atom. The fraction of sp³-hybridized carbons (Fsp3) is 0.250. The lowest BCUT2D eigenvalue weighted by atomic mass is 9.98. The number of halogens is 4. The van der Waals surface area contributed by atoms with E-state index in [4.69, 9.17) is 11.6 Å². The SMILES string of the molecule is CCCNC(c1ccc(F)c(Br)c1)c1cc(Br)ccc1Cl. The molecule has 0 radical (unpaired) electrons. The Kier molecular flexibility index (Phi) is 6.23. The van der Waals surface area contributed by atoms with E-state index in [1.807, 2.05) is 18.2 Å². The van der Waals surface area contributed by atoms with Crippen molar-refractivity contribution in [3.05, 3.63) is 67.3 Å². The first kappa shape index (κ1) is 16.9. The van der Waals surface area contributed by atoms with E-state index in [0.717, 1.165) is 28.6 Å². The van der Waals surface area contributed by atoms with Gasteiger partial charge in [0.05, 0.1) is 10.5 Å².